The minimum atomic E-state index is 0.0353. The average Bonchev–Trinajstić information content (AvgIpc) is 2.56. The smallest absolute Gasteiger partial charge is 0.178 e. The van der Waals surface area contributed by atoms with Crippen LogP contribution in [0.1, 0.15) is 16.7 Å². The van der Waals surface area contributed by atoms with Crippen molar-refractivity contribution in [2.24, 2.45) is 0 Å². The molecule has 0 heterocycles. The van der Waals surface area contributed by atoms with Crippen molar-refractivity contribution in [3.8, 4) is 5.75 Å². The predicted molar refractivity (Wildman–Crippen MR) is 86.4 cm³/mol. The molecule has 0 aromatic heterocycles. The molecule has 0 N–H and O–H groups in total. The summed E-state index contributed by atoms with van der Waals surface area (Å²) in [7, 11) is 0. The topological polar surface area (TPSA) is 19.9 Å². The Hall–Kier alpha value is -2.80. The van der Waals surface area contributed by atoms with Crippen LogP contribution in [-0.2, 0) is 5.11 Å². The molecule has 0 atom stereocenters. The van der Waals surface area contributed by atoms with Gasteiger partial charge in [0.05, 0.1) is 0 Å². The van der Waals surface area contributed by atoms with Crippen LogP contribution in [0.15, 0.2) is 84.9 Å². The van der Waals surface area contributed by atoms with Crippen LogP contribution in [0.2, 0.25) is 0 Å². The minimum absolute atomic E-state index is 0.0353. The molecule has 0 fully saturated rings. The first-order valence-corrected chi connectivity index (χ1v) is 6.92. The number of rotatable bonds is 3. The van der Waals surface area contributed by atoms with E-state index in [-0.39, 0.29) is 5.75 Å². The molecular weight excluding hydrogens is 256 g/mol. The van der Waals surface area contributed by atoms with E-state index >= 15 is 0 Å². The van der Waals surface area contributed by atoms with Gasteiger partial charge in [-0.15, -0.1) is 0 Å². The van der Waals surface area contributed by atoms with E-state index in [1.54, 1.807) is 12.1 Å². The summed E-state index contributed by atoms with van der Waals surface area (Å²) in [6.45, 7) is 0. The highest BCUT2D eigenvalue weighted by atomic mass is 16.3. The van der Waals surface area contributed by atoms with Gasteiger partial charge in [0.2, 0.25) is 0 Å². The van der Waals surface area contributed by atoms with E-state index in [0.717, 1.165) is 22.3 Å². The fraction of sp³-hybridized carbons (Fsp3) is 0. The summed E-state index contributed by atoms with van der Waals surface area (Å²) in [5, 5.41) is 11.2. The van der Waals surface area contributed by atoms with Gasteiger partial charge in [-0.1, -0.05) is 72.8 Å². The zero-order chi connectivity index (χ0) is 14.5. The van der Waals surface area contributed by atoms with E-state index in [1.807, 2.05) is 48.5 Å². The maximum absolute atomic E-state index is 11.2. The van der Waals surface area contributed by atoms with Crippen LogP contribution in [0.5, 0.6) is 5.75 Å². The molecule has 1 heteroatoms. The van der Waals surface area contributed by atoms with Crippen molar-refractivity contribution in [3.63, 3.8) is 0 Å². The molecule has 1 nitrogen and oxygen atoms in total. The molecule has 0 amide bonds. The second kappa shape index (κ2) is 6.10. The normalized spacial score (nSPS) is 10.1. The molecule has 1 radical (unpaired) electrons. The highest BCUT2D eigenvalue weighted by Gasteiger charge is 2.04. The number of hydrogen-bond donors (Lipinski definition) is 0. The maximum Gasteiger partial charge on any atom is 0.178 e. The predicted octanol–water partition coefficient (Wildman–Crippen LogP) is 5.42. The molecule has 3 aromatic rings. The number of hydrogen-bond acceptors (Lipinski definition) is 0. The lowest BCUT2D eigenvalue weighted by atomic mass is 9.96. The van der Waals surface area contributed by atoms with E-state index in [2.05, 4.69) is 30.3 Å². The third-order valence-corrected chi connectivity index (χ3v) is 3.36. The average molecular weight is 271 g/mol. The van der Waals surface area contributed by atoms with Crippen molar-refractivity contribution >= 4 is 11.6 Å². The monoisotopic (exact) mass is 271 g/mol. The summed E-state index contributed by atoms with van der Waals surface area (Å²) in [6.07, 6.45) is 2.12. The van der Waals surface area contributed by atoms with Gasteiger partial charge in [-0.25, -0.2) is 0 Å². The molecule has 0 bridgehead atoms. The van der Waals surface area contributed by atoms with E-state index in [9.17, 15) is 5.11 Å². The van der Waals surface area contributed by atoms with Crippen molar-refractivity contribution in [2.45, 2.75) is 0 Å². The van der Waals surface area contributed by atoms with Gasteiger partial charge in [0.25, 0.3) is 0 Å². The van der Waals surface area contributed by atoms with Crippen molar-refractivity contribution in [2.75, 3.05) is 0 Å². The first-order valence-electron chi connectivity index (χ1n) is 6.92. The Morgan fingerprint density at radius 3 is 1.57 bits per heavy atom. The van der Waals surface area contributed by atoms with Crippen molar-refractivity contribution < 1.29 is 5.11 Å². The Morgan fingerprint density at radius 2 is 1.10 bits per heavy atom. The lowest BCUT2D eigenvalue weighted by Gasteiger charge is -2.09. The summed E-state index contributed by atoms with van der Waals surface area (Å²) in [5.41, 5.74) is 4.50. The van der Waals surface area contributed by atoms with Crippen molar-refractivity contribution in [1.82, 2.24) is 0 Å². The van der Waals surface area contributed by atoms with Gasteiger partial charge in [-0.05, 0) is 40.5 Å². The van der Waals surface area contributed by atoms with Gasteiger partial charge in [0, 0.05) is 0 Å². The Bertz CT molecular complexity index is 684. The fourth-order valence-corrected chi connectivity index (χ4v) is 2.30. The molecule has 3 aromatic carbocycles. The van der Waals surface area contributed by atoms with Crippen LogP contribution in [0.3, 0.4) is 0 Å². The molecule has 0 spiro atoms. The third-order valence-electron chi connectivity index (χ3n) is 3.36. The van der Waals surface area contributed by atoms with Gasteiger partial charge in [-0.3, -0.25) is 5.11 Å². The van der Waals surface area contributed by atoms with Crippen molar-refractivity contribution in [3.05, 3.63) is 102 Å². The van der Waals surface area contributed by atoms with Crippen molar-refractivity contribution in [1.29, 1.82) is 0 Å². The largest absolute Gasteiger partial charge is 0.290 e. The number of benzene rings is 3. The van der Waals surface area contributed by atoms with Gasteiger partial charge in [0.15, 0.2) is 5.75 Å². The van der Waals surface area contributed by atoms with Gasteiger partial charge in [0.1, 0.15) is 0 Å². The summed E-state index contributed by atoms with van der Waals surface area (Å²) < 4.78 is 0. The Morgan fingerprint density at radius 1 is 0.619 bits per heavy atom. The van der Waals surface area contributed by atoms with Crippen LogP contribution in [0, 0.1) is 0 Å². The first-order chi connectivity index (χ1) is 10.3. The van der Waals surface area contributed by atoms with Gasteiger partial charge in [-0.2, -0.15) is 0 Å². The molecule has 0 saturated heterocycles. The van der Waals surface area contributed by atoms with E-state index in [1.165, 1.54) is 0 Å². The lowest BCUT2D eigenvalue weighted by Crippen LogP contribution is -1.87. The summed E-state index contributed by atoms with van der Waals surface area (Å²) in [5.74, 6) is 0.0353. The molecule has 0 saturated carbocycles. The third kappa shape index (κ3) is 3.21. The van der Waals surface area contributed by atoms with E-state index < -0.39 is 0 Å². The van der Waals surface area contributed by atoms with Crippen LogP contribution in [-0.4, -0.2) is 0 Å². The fourth-order valence-electron chi connectivity index (χ4n) is 2.30. The van der Waals surface area contributed by atoms with Gasteiger partial charge < -0.3 is 0 Å². The molecule has 101 valence electrons. The van der Waals surface area contributed by atoms with E-state index in [0.29, 0.717) is 0 Å². The lowest BCUT2D eigenvalue weighted by molar-refractivity contribution is 0.355. The Balaban J connectivity index is 2.10. The Labute approximate surface area is 124 Å². The maximum atomic E-state index is 11.2. The highest BCUT2D eigenvalue weighted by Crippen LogP contribution is 2.26. The van der Waals surface area contributed by atoms with Crippen LogP contribution in [0.25, 0.3) is 11.6 Å². The molecule has 3 rings (SSSR count). The molecule has 0 unspecified atom stereocenters. The minimum Gasteiger partial charge on any atom is -0.290 e. The summed E-state index contributed by atoms with van der Waals surface area (Å²) in [6, 6.07) is 27.5. The highest BCUT2D eigenvalue weighted by molar-refractivity contribution is 5.91. The standard InChI is InChI=1S/C20H15O/c21-19-13-11-16(12-14-19)15-20(17-7-3-1-4-8-17)18-9-5-2-6-10-18/h1-15H. The summed E-state index contributed by atoms with van der Waals surface area (Å²) >= 11 is 0. The molecular formula is C20H15O. The molecule has 21 heavy (non-hydrogen) atoms. The quantitative estimate of drug-likeness (QED) is 0.567. The zero-order valence-corrected chi connectivity index (χ0v) is 11.6. The van der Waals surface area contributed by atoms with Crippen LogP contribution < -0.4 is 0 Å². The first kappa shape index (κ1) is 13.2. The zero-order valence-electron chi connectivity index (χ0n) is 11.6. The second-order valence-electron chi connectivity index (χ2n) is 4.86. The molecule has 0 aliphatic heterocycles. The van der Waals surface area contributed by atoms with Crippen LogP contribution in [0.4, 0.5) is 0 Å². The molecule has 0 aliphatic carbocycles. The van der Waals surface area contributed by atoms with E-state index in [4.69, 9.17) is 0 Å². The second-order valence-corrected chi connectivity index (χ2v) is 4.86. The van der Waals surface area contributed by atoms with Crippen LogP contribution >= 0.6 is 0 Å². The summed E-state index contributed by atoms with van der Waals surface area (Å²) in [4.78, 5) is 0. The SMILES string of the molecule is [O]c1ccc(C=C(c2ccccc2)c2ccccc2)cc1. The van der Waals surface area contributed by atoms with Gasteiger partial charge >= 0.3 is 0 Å². The molecule has 0 aliphatic rings. The Kier molecular flexibility index (Phi) is 3.83.